The maximum atomic E-state index is 5.96. The summed E-state index contributed by atoms with van der Waals surface area (Å²) >= 11 is 0. The first kappa shape index (κ1) is 15.8. The molecule has 0 saturated heterocycles. The van der Waals surface area contributed by atoms with Crippen LogP contribution in [0.15, 0.2) is 18.2 Å². The van der Waals surface area contributed by atoms with Crippen LogP contribution in [0.1, 0.15) is 45.1 Å². The molecule has 0 radical (unpaired) electrons. The summed E-state index contributed by atoms with van der Waals surface area (Å²) in [5.74, 6) is 0.761. The van der Waals surface area contributed by atoms with Gasteiger partial charge in [-0.15, -0.1) is 0 Å². The Morgan fingerprint density at radius 2 is 1.74 bits per heavy atom. The Labute approximate surface area is 117 Å². The topological polar surface area (TPSA) is 38.5 Å². The van der Waals surface area contributed by atoms with Gasteiger partial charge in [0.05, 0.1) is 12.8 Å². The van der Waals surface area contributed by atoms with Gasteiger partial charge in [0.15, 0.2) is 0 Å². The van der Waals surface area contributed by atoms with Gasteiger partial charge in [-0.25, -0.2) is 0 Å². The number of rotatable bonds is 9. The number of unbranched alkanes of at least 4 members (excludes halogenated alkanes) is 2. The van der Waals surface area contributed by atoms with Crippen LogP contribution >= 0.6 is 0 Å². The van der Waals surface area contributed by atoms with Gasteiger partial charge in [0.2, 0.25) is 0 Å². The zero-order chi connectivity index (χ0) is 14.1. The van der Waals surface area contributed by atoms with Crippen LogP contribution in [0.3, 0.4) is 0 Å². The minimum absolute atomic E-state index is 0.728. The molecule has 0 saturated carbocycles. The second-order valence-electron chi connectivity index (χ2n) is 5.06. The molecule has 0 aliphatic carbocycles. The molecule has 108 valence electrons. The highest BCUT2D eigenvalue weighted by Crippen LogP contribution is 2.22. The summed E-state index contributed by atoms with van der Waals surface area (Å²) in [6.07, 6.45) is 5.01. The predicted molar refractivity (Wildman–Crippen MR) is 82.5 cm³/mol. The van der Waals surface area contributed by atoms with E-state index in [-0.39, 0.29) is 0 Å². The Bertz CT molecular complexity index is 358. The van der Waals surface area contributed by atoms with E-state index in [0.29, 0.717) is 0 Å². The van der Waals surface area contributed by atoms with Gasteiger partial charge < -0.3 is 10.5 Å². The zero-order valence-electron chi connectivity index (χ0n) is 12.6. The molecule has 0 heterocycles. The van der Waals surface area contributed by atoms with Gasteiger partial charge in [-0.05, 0) is 43.6 Å². The van der Waals surface area contributed by atoms with E-state index in [2.05, 4.69) is 24.8 Å². The van der Waals surface area contributed by atoms with Gasteiger partial charge in [-0.3, -0.25) is 4.90 Å². The molecule has 0 aromatic heterocycles. The molecular formula is C16H28N2O. The monoisotopic (exact) mass is 264 g/mol. The van der Waals surface area contributed by atoms with Gasteiger partial charge in [-0.2, -0.15) is 0 Å². The molecule has 3 nitrogen and oxygen atoms in total. The van der Waals surface area contributed by atoms with Crippen LogP contribution in [0, 0.1) is 0 Å². The molecule has 0 unspecified atom stereocenters. The van der Waals surface area contributed by atoms with Gasteiger partial charge in [0.25, 0.3) is 0 Å². The first-order valence-electron chi connectivity index (χ1n) is 7.36. The lowest BCUT2D eigenvalue weighted by molar-refractivity contribution is 0.257. The third-order valence-electron chi connectivity index (χ3n) is 3.36. The van der Waals surface area contributed by atoms with Gasteiger partial charge >= 0.3 is 0 Å². The summed E-state index contributed by atoms with van der Waals surface area (Å²) in [6.45, 7) is 7.80. The fourth-order valence-corrected chi connectivity index (χ4v) is 2.17. The smallest absolute Gasteiger partial charge is 0.141 e. The number of benzene rings is 1. The lowest BCUT2D eigenvalue weighted by Crippen LogP contribution is -2.25. The molecule has 3 heteroatoms. The average Bonchev–Trinajstić information content (AvgIpc) is 2.42. The molecule has 0 spiro atoms. The lowest BCUT2D eigenvalue weighted by Gasteiger charge is -2.22. The molecule has 2 N–H and O–H groups in total. The summed E-state index contributed by atoms with van der Waals surface area (Å²) < 4.78 is 5.20. The maximum absolute atomic E-state index is 5.96. The van der Waals surface area contributed by atoms with Crippen molar-refractivity contribution in [3.8, 4) is 5.75 Å². The van der Waals surface area contributed by atoms with Crippen molar-refractivity contribution in [2.45, 2.75) is 46.1 Å². The summed E-state index contributed by atoms with van der Waals surface area (Å²) in [4.78, 5) is 2.52. The number of ether oxygens (including phenoxy) is 1. The van der Waals surface area contributed by atoms with Gasteiger partial charge in [0, 0.05) is 6.54 Å². The molecule has 0 bridgehead atoms. The van der Waals surface area contributed by atoms with E-state index < -0.39 is 0 Å². The van der Waals surface area contributed by atoms with Gasteiger partial charge in [-0.1, -0.05) is 32.8 Å². The van der Waals surface area contributed by atoms with Crippen molar-refractivity contribution in [2.24, 2.45) is 0 Å². The van der Waals surface area contributed by atoms with Crippen molar-refractivity contribution in [2.75, 3.05) is 25.9 Å². The molecule has 0 atom stereocenters. The van der Waals surface area contributed by atoms with E-state index in [0.717, 1.165) is 18.0 Å². The highest BCUT2D eigenvalue weighted by atomic mass is 16.5. The Morgan fingerprint density at radius 3 is 2.21 bits per heavy atom. The second-order valence-corrected chi connectivity index (χ2v) is 5.06. The highest BCUT2D eigenvalue weighted by molar-refractivity contribution is 5.54. The second kappa shape index (κ2) is 8.81. The van der Waals surface area contributed by atoms with Crippen LogP contribution in [0.2, 0.25) is 0 Å². The van der Waals surface area contributed by atoms with Crippen molar-refractivity contribution in [3.05, 3.63) is 23.8 Å². The average molecular weight is 264 g/mol. The summed E-state index contributed by atoms with van der Waals surface area (Å²) in [7, 11) is 1.65. The third kappa shape index (κ3) is 5.52. The molecule has 1 aromatic carbocycles. The first-order valence-corrected chi connectivity index (χ1v) is 7.36. The number of hydrogen-bond donors (Lipinski definition) is 1. The number of hydrogen-bond acceptors (Lipinski definition) is 3. The quantitative estimate of drug-likeness (QED) is 0.691. The van der Waals surface area contributed by atoms with Crippen molar-refractivity contribution < 1.29 is 4.74 Å². The molecule has 19 heavy (non-hydrogen) atoms. The van der Waals surface area contributed by atoms with Crippen LogP contribution < -0.4 is 10.5 Å². The molecule has 1 rings (SSSR count). The van der Waals surface area contributed by atoms with E-state index in [1.807, 2.05) is 12.1 Å². The van der Waals surface area contributed by atoms with E-state index in [1.54, 1.807) is 7.11 Å². The summed E-state index contributed by atoms with van der Waals surface area (Å²) in [5, 5.41) is 0. The highest BCUT2D eigenvalue weighted by Gasteiger charge is 2.07. The Morgan fingerprint density at radius 1 is 1.11 bits per heavy atom. The molecule has 0 amide bonds. The summed E-state index contributed by atoms with van der Waals surface area (Å²) in [5.41, 5.74) is 7.96. The summed E-state index contributed by atoms with van der Waals surface area (Å²) in [6, 6.07) is 6.10. The standard InChI is InChI=1S/C16H28N2O/c1-4-6-10-18(11-7-5-2)13-14-8-9-16(19-3)15(17)12-14/h8-9,12H,4-7,10-11,13,17H2,1-3H3. The van der Waals surface area contributed by atoms with Crippen molar-refractivity contribution in [1.29, 1.82) is 0 Å². The Balaban J connectivity index is 2.63. The van der Waals surface area contributed by atoms with Crippen LogP contribution in [-0.2, 0) is 6.54 Å². The van der Waals surface area contributed by atoms with E-state index in [1.165, 1.54) is 44.3 Å². The van der Waals surface area contributed by atoms with Crippen LogP contribution in [0.25, 0.3) is 0 Å². The Hall–Kier alpha value is -1.22. The Kier molecular flexibility index (Phi) is 7.34. The van der Waals surface area contributed by atoms with Crippen molar-refractivity contribution >= 4 is 5.69 Å². The molecule has 0 fully saturated rings. The van der Waals surface area contributed by atoms with Crippen molar-refractivity contribution in [3.63, 3.8) is 0 Å². The van der Waals surface area contributed by atoms with Crippen LogP contribution in [0.5, 0.6) is 5.75 Å². The van der Waals surface area contributed by atoms with Crippen LogP contribution in [-0.4, -0.2) is 25.1 Å². The normalized spacial score (nSPS) is 10.9. The van der Waals surface area contributed by atoms with E-state index >= 15 is 0 Å². The maximum Gasteiger partial charge on any atom is 0.141 e. The van der Waals surface area contributed by atoms with E-state index in [4.69, 9.17) is 10.5 Å². The first-order chi connectivity index (χ1) is 9.21. The SMILES string of the molecule is CCCCN(CCCC)Cc1ccc(OC)c(N)c1. The molecule has 0 aliphatic rings. The number of anilines is 1. The predicted octanol–water partition coefficient (Wildman–Crippen LogP) is 3.68. The lowest BCUT2D eigenvalue weighted by atomic mass is 10.1. The van der Waals surface area contributed by atoms with Crippen molar-refractivity contribution in [1.82, 2.24) is 4.90 Å². The third-order valence-corrected chi connectivity index (χ3v) is 3.36. The molecule has 0 aliphatic heterocycles. The largest absolute Gasteiger partial charge is 0.495 e. The number of nitrogens with zero attached hydrogens (tertiary/aromatic N) is 1. The van der Waals surface area contributed by atoms with E-state index in [9.17, 15) is 0 Å². The van der Waals surface area contributed by atoms with Gasteiger partial charge in [0.1, 0.15) is 5.75 Å². The fourth-order valence-electron chi connectivity index (χ4n) is 2.17. The number of nitrogen functional groups attached to an aromatic ring is 1. The fraction of sp³-hybridized carbons (Fsp3) is 0.625. The number of methoxy groups -OCH3 is 1. The molecule has 1 aromatic rings. The minimum Gasteiger partial charge on any atom is -0.495 e. The zero-order valence-corrected chi connectivity index (χ0v) is 12.6. The molecular weight excluding hydrogens is 236 g/mol. The minimum atomic E-state index is 0.728. The number of nitrogens with two attached hydrogens (primary N) is 1. The van der Waals surface area contributed by atoms with Crippen LogP contribution in [0.4, 0.5) is 5.69 Å².